The van der Waals surface area contributed by atoms with E-state index in [-0.39, 0.29) is 0 Å². The van der Waals surface area contributed by atoms with Gasteiger partial charge in [-0.05, 0) is 25.0 Å². The van der Waals surface area contributed by atoms with Gasteiger partial charge in [0.1, 0.15) is 16.6 Å². The monoisotopic (exact) mass is 246 g/mol. The van der Waals surface area contributed by atoms with E-state index in [1.807, 2.05) is 18.2 Å². The molecule has 2 heterocycles. The van der Waals surface area contributed by atoms with Crippen molar-refractivity contribution in [3.8, 4) is 16.3 Å². The molecule has 0 unspecified atom stereocenters. The van der Waals surface area contributed by atoms with Crippen molar-refractivity contribution in [2.45, 2.75) is 12.8 Å². The topological polar surface area (TPSA) is 34.1 Å². The number of aromatic nitrogens is 1. The van der Waals surface area contributed by atoms with E-state index in [1.165, 1.54) is 11.3 Å². The number of para-hydroxylation sites is 1. The lowest BCUT2D eigenvalue weighted by Gasteiger charge is -2.10. The molecule has 0 aliphatic carbocycles. The van der Waals surface area contributed by atoms with Crippen LogP contribution in [-0.2, 0) is 6.42 Å². The van der Waals surface area contributed by atoms with Crippen LogP contribution in [0.25, 0.3) is 10.6 Å². The number of anilines is 1. The number of ether oxygens (including phenoxy) is 1. The van der Waals surface area contributed by atoms with Gasteiger partial charge < -0.3 is 10.1 Å². The zero-order chi connectivity index (χ0) is 11.7. The fraction of sp³-hybridized carbons (Fsp3) is 0.308. The molecule has 0 amide bonds. The van der Waals surface area contributed by atoms with Gasteiger partial charge in [-0.2, -0.15) is 0 Å². The van der Waals surface area contributed by atoms with Crippen molar-refractivity contribution in [3.05, 3.63) is 29.1 Å². The first kappa shape index (κ1) is 10.6. The summed E-state index contributed by atoms with van der Waals surface area (Å²) >= 11 is 1.76. The van der Waals surface area contributed by atoms with E-state index in [1.54, 1.807) is 18.4 Å². The minimum absolute atomic E-state index is 0.888. The second-order valence-corrected chi connectivity index (χ2v) is 5.11. The highest BCUT2D eigenvalue weighted by atomic mass is 32.1. The Morgan fingerprint density at radius 2 is 2.24 bits per heavy atom. The van der Waals surface area contributed by atoms with Crippen LogP contribution in [0.4, 0.5) is 5.82 Å². The first-order chi connectivity index (χ1) is 8.38. The highest BCUT2D eigenvalue weighted by Crippen LogP contribution is 2.37. The first-order valence-corrected chi connectivity index (χ1v) is 6.57. The Hall–Kier alpha value is -1.55. The van der Waals surface area contributed by atoms with E-state index in [2.05, 4.69) is 16.4 Å². The Kier molecular flexibility index (Phi) is 2.73. The Balaban J connectivity index is 2.06. The van der Waals surface area contributed by atoms with Crippen molar-refractivity contribution < 1.29 is 4.74 Å². The number of methoxy groups -OCH3 is 1. The largest absolute Gasteiger partial charge is 0.496 e. The van der Waals surface area contributed by atoms with Crippen LogP contribution in [0.5, 0.6) is 5.75 Å². The average Bonchev–Trinajstić information content (AvgIpc) is 2.82. The molecule has 3 rings (SSSR count). The molecule has 2 aromatic rings. The normalized spacial score (nSPS) is 13.9. The molecule has 17 heavy (non-hydrogen) atoms. The van der Waals surface area contributed by atoms with Gasteiger partial charge in [0.25, 0.3) is 0 Å². The van der Waals surface area contributed by atoms with Gasteiger partial charge in [-0.15, -0.1) is 11.3 Å². The third-order valence-electron chi connectivity index (χ3n) is 2.91. The SMILES string of the molecule is COc1ccccc1-c1nc2c(s1)CCCN2. The molecule has 1 aliphatic heterocycles. The first-order valence-electron chi connectivity index (χ1n) is 5.75. The molecule has 0 bridgehead atoms. The van der Waals surface area contributed by atoms with Gasteiger partial charge in [-0.3, -0.25) is 0 Å². The number of hydrogen-bond donors (Lipinski definition) is 1. The number of benzene rings is 1. The molecule has 1 N–H and O–H groups in total. The van der Waals surface area contributed by atoms with Gasteiger partial charge in [0.15, 0.2) is 0 Å². The van der Waals surface area contributed by atoms with Crippen LogP contribution < -0.4 is 10.1 Å². The molecular weight excluding hydrogens is 232 g/mol. The third kappa shape index (κ3) is 1.89. The maximum Gasteiger partial charge on any atom is 0.140 e. The van der Waals surface area contributed by atoms with Crippen LogP contribution in [0, 0.1) is 0 Å². The summed E-state index contributed by atoms with van der Waals surface area (Å²) in [5, 5.41) is 4.39. The van der Waals surface area contributed by atoms with Crippen molar-refractivity contribution in [3.63, 3.8) is 0 Å². The molecule has 1 aromatic carbocycles. The maximum absolute atomic E-state index is 5.38. The second-order valence-electron chi connectivity index (χ2n) is 4.02. The molecule has 4 heteroatoms. The molecule has 1 aliphatic rings. The number of nitrogens with zero attached hydrogens (tertiary/aromatic N) is 1. The lowest BCUT2D eigenvalue weighted by Crippen LogP contribution is -2.09. The standard InChI is InChI=1S/C13H14N2OS/c1-16-10-6-3-2-5-9(10)13-15-12-11(17-13)7-4-8-14-12/h2-3,5-6,14H,4,7-8H2,1H3. The summed E-state index contributed by atoms with van der Waals surface area (Å²) < 4.78 is 5.38. The molecule has 0 spiro atoms. The number of aryl methyl sites for hydroxylation is 1. The van der Waals surface area contributed by atoms with E-state index in [0.29, 0.717) is 0 Å². The number of nitrogens with one attached hydrogen (secondary N) is 1. The van der Waals surface area contributed by atoms with E-state index in [0.717, 1.165) is 35.1 Å². The summed E-state index contributed by atoms with van der Waals surface area (Å²) in [6.45, 7) is 1.03. The fourth-order valence-electron chi connectivity index (χ4n) is 2.05. The Morgan fingerprint density at radius 3 is 3.06 bits per heavy atom. The van der Waals surface area contributed by atoms with E-state index in [9.17, 15) is 0 Å². The minimum Gasteiger partial charge on any atom is -0.496 e. The number of hydrogen-bond acceptors (Lipinski definition) is 4. The van der Waals surface area contributed by atoms with Gasteiger partial charge in [0.2, 0.25) is 0 Å². The fourth-order valence-corrected chi connectivity index (χ4v) is 3.16. The van der Waals surface area contributed by atoms with Crippen molar-refractivity contribution in [1.29, 1.82) is 0 Å². The second kappa shape index (κ2) is 4.37. The predicted molar refractivity (Wildman–Crippen MR) is 70.9 cm³/mol. The van der Waals surface area contributed by atoms with Crippen molar-refractivity contribution >= 4 is 17.2 Å². The molecule has 3 nitrogen and oxygen atoms in total. The van der Waals surface area contributed by atoms with Crippen molar-refractivity contribution in [2.75, 3.05) is 19.0 Å². The maximum atomic E-state index is 5.38. The van der Waals surface area contributed by atoms with Gasteiger partial charge in [-0.25, -0.2) is 4.98 Å². The lowest BCUT2D eigenvalue weighted by atomic mass is 10.2. The Bertz CT molecular complexity index is 512. The van der Waals surface area contributed by atoms with Crippen LogP contribution in [0.1, 0.15) is 11.3 Å². The van der Waals surface area contributed by atoms with E-state index >= 15 is 0 Å². The molecule has 0 atom stereocenters. The van der Waals surface area contributed by atoms with Crippen LogP contribution >= 0.6 is 11.3 Å². The highest BCUT2D eigenvalue weighted by molar-refractivity contribution is 7.15. The Morgan fingerprint density at radius 1 is 1.35 bits per heavy atom. The highest BCUT2D eigenvalue weighted by Gasteiger charge is 2.17. The van der Waals surface area contributed by atoms with E-state index in [4.69, 9.17) is 4.74 Å². The van der Waals surface area contributed by atoms with Gasteiger partial charge in [0.05, 0.1) is 12.7 Å². The van der Waals surface area contributed by atoms with Crippen molar-refractivity contribution in [2.24, 2.45) is 0 Å². The summed E-state index contributed by atoms with van der Waals surface area (Å²) in [4.78, 5) is 6.02. The summed E-state index contributed by atoms with van der Waals surface area (Å²) in [6.07, 6.45) is 2.33. The smallest absolute Gasteiger partial charge is 0.140 e. The molecule has 0 fully saturated rings. The summed E-state index contributed by atoms with van der Waals surface area (Å²) in [7, 11) is 1.70. The van der Waals surface area contributed by atoms with Gasteiger partial charge in [-0.1, -0.05) is 12.1 Å². The summed E-state index contributed by atoms with van der Waals surface area (Å²) in [5.74, 6) is 1.95. The van der Waals surface area contributed by atoms with Crippen LogP contribution in [0.2, 0.25) is 0 Å². The van der Waals surface area contributed by atoms with Crippen LogP contribution in [0.3, 0.4) is 0 Å². The van der Waals surface area contributed by atoms with Crippen LogP contribution in [0.15, 0.2) is 24.3 Å². The molecular formula is C13H14N2OS. The predicted octanol–water partition coefficient (Wildman–Crippen LogP) is 3.18. The zero-order valence-electron chi connectivity index (χ0n) is 9.69. The molecule has 0 saturated heterocycles. The van der Waals surface area contributed by atoms with Crippen LogP contribution in [-0.4, -0.2) is 18.6 Å². The molecule has 0 saturated carbocycles. The number of rotatable bonds is 2. The van der Waals surface area contributed by atoms with E-state index < -0.39 is 0 Å². The molecule has 88 valence electrons. The minimum atomic E-state index is 0.888. The Labute approximate surface area is 104 Å². The average molecular weight is 246 g/mol. The van der Waals surface area contributed by atoms with Crippen molar-refractivity contribution in [1.82, 2.24) is 4.98 Å². The van der Waals surface area contributed by atoms with Gasteiger partial charge >= 0.3 is 0 Å². The van der Waals surface area contributed by atoms with Gasteiger partial charge in [0, 0.05) is 11.4 Å². The number of fused-ring (bicyclic) bond motifs is 1. The molecule has 1 aromatic heterocycles. The summed E-state index contributed by atoms with van der Waals surface area (Å²) in [5.41, 5.74) is 1.08. The quantitative estimate of drug-likeness (QED) is 0.883. The number of thiazole rings is 1. The lowest BCUT2D eigenvalue weighted by molar-refractivity contribution is 0.416. The zero-order valence-corrected chi connectivity index (χ0v) is 10.5. The molecule has 0 radical (unpaired) electrons. The summed E-state index contributed by atoms with van der Waals surface area (Å²) in [6, 6.07) is 8.03. The third-order valence-corrected chi connectivity index (χ3v) is 4.06.